The molecule has 0 unspecified atom stereocenters. The molecule has 0 radical (unpaired) electrons. The van der Waals surface area contributed by atoms with E-state index in [2.05, 4.69) is 24.2 Å². The molecule has 3 N–H and O–H groups in total. The van der Waals surface area contributed by atoms with Crippen LogP contribution in [0.4, 0.5) is 4.39 Å². The molecule has 0 saturated carbocycles. The summed E-state index contributed by atoms with van der Waals surface area (Å²) in [5.41, 5.74) is 2.87. The van der Waals surface area contributed by atoms with E-state index in [4.69, 9.17) is 5.84 Å². The van der Waals surface area contributed by atoms with Gasteiger partial charge in [-0.25, -0.2) is 10.2 Å². The van der Waals surface area contributed by atoms with Crippen LogP contribution >= 0.6 is 11.3 Å². The largest absolute Gasteiger partial charge is 0.297 e. The zero-order chi connectivity index (χ0) is 15.6. The van der Waals surface area contributed by atoms with Crippen molar-refractivity contribution in [2.75, 3.05) is 6.54 Å². The van der Waals surface area contributed by atoms with E-state index in [-0.39, 0.29) is 11.7 Å². The summed E-state index contributed by atoms with van der Waals surface area (Å²) < 4.78 is 15.0. The highest BCUT2D eigenvalue weighted by atomic mass is 32.1. The number of nitrogen functional groups attached to an aromatic ring is 1. The van der Waals surface area contributed by atoms with Gasteiger partial charge in [-0.05, 0) is 32.5 Å². The van der Waals surface area contributed by atoms with Crippen molar-refractivity contribution in [3.63, 3.8) is 0 Å². The van der Waals surface area contributed by atoms with Gasteiger partial charge >= 0.3 is 0 Å². The molecule has 1 aromatic heterocycles. The maximum atomic E-state index is 14.2. The van der Waals surface area contributed by atoms with Crippen molar-refractivity contribution in [1.29, 1.82) is 0 Å². The highest BCUT2D eigenvalue weighted by Gasteiger charge is 2.22. The first kappa shape index (κ1) is 15.9. The Hall–Kier alpha value is -1.50. The number of thiophene rings is 1. The third kappa shape index (κ3) is 3.07. The highest BCUT2D eigenvalue weighted by Crippen LogP contribution is 2.34. The Morgan fingerprint density at radius 3 is 2.76 bits per heavy atom. The summed E-state index contributed by atoms with van der Waals surface area (Å²) in [5.74, 6) is 4.59. The van der Waals surface area contributed by atoms with Crippen LogP contribution in [-0.2, 0) is 6.54 Å². The molecule has 0 aliphatic heterocycles. The molecule has 0 aliphatic rings. The predicted molar refractivity (Wildman–Crippen MR) is 84.7 cm³/mol. The number of halogens is 1. The maximum absolute atomic E-state index is 14.2. The van der Waals surface area contributed by atoms with Gasteiger partial charge in [-0.2, -0.15) is 0 Å². The van der Waals surface area contributed by atoms with Crippen LogP contribution < -0.4 is 11.3 Å². The summed E-state index contributed by atoms with van der Waals surface area (Å²) in [6, 6.07) is 5.22. The van der Waals surface area contributed by atoms with Crippen LogP contribution in [-0.4, -0.2) is 23.4 Å². The third-order valence-corrected chi connectivity index (χ3v) is 4.79. The van der Waals surface area contributed by atoms with Crippen molar-refractivity contribution in [3.05, 3.63) is 34.5 Å². The van der Waals surface area contributed by atoms with Crippen LogP contribution in [0.1, 0.15) is 36.0 Å². The molecule has 1 heterocycles. The number of hydrogen-bond acceptors (Lipinski definition) is 4. The first-order valence-corrected chi connectivity index (χ1v) is 7.76. The molecule has 0 bridgehead atoms. The second-order valence-electron chi connectivity index (χ2n) is 5.15. The molecule has 1 amide bonds. The summed E-state index contributed by atoms with van der Waals surface area (Å²) in [6.45, 7) is 7.56. The van der Waals surface area contributed by atoms with E-state index < -0.39 is 0 Å². The van der Waals surface area contributed by atoms with Crippen LogP contribution in [0.25, 0.3) is 10.1 Å². The molecule has 21 heavy (non-hydrogen) atoms. The lowest BCUT2D eigenvalue weighted by atomic mass is 10.1. The monoisotopic (exact) mass is 309 g/mol. The molecular weight excluding hydrogens is 289 g/mol. The molecular formula is C15H20FN3OS. The van der Waals surface area contributed by atoms with Crippen molar-refractivity contribution in [2.45, 2.75) is 33.4 Å². The smallest absolute Gasteiger partial charge is 0.275 e. The fourth-order valence-corrected chi connectivity index (χ4v) is 3.56. The molecule has 0 aliphatic carbocycles. The number of nitrogens with one attached hydrogen (secondary N) is 1. The Labute approximate surface area is 127 Å². The second-order valence-corrected chi connectivity index (χ2v) is 6.21. The minimum atomic E-state index is -0.370. The van der Waals surface area contributed by atoms with Gasteiger partial charge in [0.15, 0.2) is 0 Å². The number of carbonyl (C=O) groups excluding carboxylic acids is 1. The lowest BCUT2D eigenvalue weighted by Crippen LogP contribution is -2.33. The zero-order valence-electron chi connectivity index (χ0n) is 12.4. The molecule has 4 nitrogen and oxygen atoms in total. The number of benzene rings is 1. The number of rotatable bonds is 5. The Bertz CT molecular complexity index is 654. The molecule has 2 rings (SSSR count). The van der Waals surface area contributed by atoms with Crippen LogP contribution in [0.15, 0.2) is 18.2 Å². The molecule has 6 heteroatoms. The summed E-state index contributed by atoms with van der Waals surface area (Å²) in [7, 11) is 0. The zero-order valence-corrected chi connectivity index (χ0v) is 13.3. The first-order valence-electron chi connectivity index (χ1n) is 6.94. The van der Waals surface area contributed by atoms with Crippen molar-refractivity contribution < 1.29 is 9.18 Å². The molecule has 2 aromatic rings. The van der Waals surface area contributed by atoms with E-state index in [9.17, 15) is 9.18 Å². The molecule has 0 saturated heterocycles. The normalized spacial score (nSPS) is 11.6. The van der Waals surface area contributed by atoms with Crippen LogP contribution in [0.3, 0.4) is 0 Å². The molecule has 0 atom stereocenters. The van der Waals surface area contributed by atoms with E-state index in [1.807, 2.05) is 13.0 Å². The third-order valence-electron chi connectivity index (χ3n) is 3.60. The first-order chi connectivity index (χ1) is 9.99. The van der Waals surface area contributed by atoms with Gasteiger partial charge < -0.3 is 0 Å². The predicted octanol–water partition coefficient (Wildman–Crippen LogP) is 2.87. The fourth-order valence-electron chi connectivity index (χ4n) is 2.43. The quantitative estimate of drug-likeness (QED) is 0.507. The van der Waals surface area contributed by atoms with Gasteiger partial charge in [-0.3, -0.25) is 15.1 Å². The minimum Gasteiger partial charge on any atom is -0.297 e. The number of carbonyl (C=O) groups is 1. The van der Waals surface area contributed by atoms with Crippen molar-refractivity contribution in [3.8, 4) is 0 Å². The number of nitrogens with two attached hydrogens (primary N) is 1. The Morgan fingerprint density at radius 1 is 1.48 bits per heavy atom. The van der Waals surface area contributed by atoms with Crippen molar-refractivity contribution in [2.24, 2.45) is 5.84 Å². The Morgan fingerprint density at radius 2 is 2.19 bits per heavy atom. The summed E-state index contributed by atoms with van der Waals surface area (Å²) >= 11 is 1.28. The van der Waals surface area contributed by atoms with E-state index in [0.29, 0.717) is 28.4 Å². The van der Waals surface area contributed by atoms with Gasteiger partial charge in [-0.1, -0.05) is 13.0 Å². The highest BCUT2D eigenvalue weighted by molar-refractivity contribution is 7.21. The van der Waals surface area contributed by atoms with Gasteiger partial charge in [0, 0.05) is 28.2 Å². The second kappa shape index (κ2) is 6.51. The topological polar surface area (TPSA) is 58.4 Å². The van der Waals surface area contributed by atoms with Crippen molar-refractivity contribution in [1.82, 2.24) is 10.3 Å². The lowest BCUT2D eigenvalue weighted by Gasteiger charge is -2.25. The van der Waals surface area contributed by atoms with Crippen LogP contribution in [0.2, 0.25) is 0 Å². The summed E-state index contributed by atoms with van der Waals surface area (Å²) in [6.07, 6.45) is 0. The van der Waals surface area contributed by atoms with E-state index in [0.717, 1.165) is 11.2 Å². The fraction of sp³-hybridized carbons (Fsp3) is 0.400. The number of hydrazine groups is 1. The van der Waals surface area contributed by atoms with E-state index in [1.54, 1.807) is 6.07 Å². The Kier molecular flexibility index (Phi) is 4.92. The number of amides is 1. The SMILES string of the molecule is CCN(Cc1c(C(=O)NN)sc2cccc(F)c12)C(C)C. The molecule has 1 aromatic carbocycles. The van der Waals surface area contributed by atoms with Gasteiger partial charge in [0.05, 0.1) is 4.88 Å². The van der Waals surface area contributed by atoms with Crippen LogP contribution in [0.5, 0.6) is 0 Å². The average Bonchev–Trinajstić information content (AvgIpc) is 2.83. The number of fused-ring (bicyclic) bond motifs is 1. The van der Waals surface area contributed by atoms with E-state index >= 15 is 0 Å². The van der Waals surface area contributed by atoms with Gasteiger partial charge in [0.1, 0.15) is 5.82 Å². The molecule has 0 spiro atoms. The average molecular weight is 309 g/mol. The summed E-state index contributed by atoms with van der Waals surface area (Å²) in [5, 5.41) is 0.528. The molecule has 114 valence electrons. The Balaban J connectivity index is 2.59. The van der Waals surface area contributed by atoms with Crippen LogP contribution in [0, 0.1) is 5.82 Å². The summed E-state index contributed by atoms with van der Waals surface area (Å²) in [4.78, 5) is 14.7. The van der Waals surface area contributed by atoms with E-state index in [1.165, 1.54) is 17.4 Å². The lowest BCUT2D eigenvalue weighted by molar-refractivity contribution is 0.0955. The van der Waals surface area contributed by atoms with Crippen molar-refractivity contribution >= 4 is 27.3 Å². The standard InChI is InChI=1S/C15H20FN3OS/c1-4-19(9(2)3)8-10-13-11(16)6-5-7-12(13)21-14(10)15(20)18-17/h5-7,9H,4,8,17H2,1-3H3,(H,18,20). The number of hydrogen-bond donors (Lipinski definition) is 2. The van der Waals surface area contributed by atoms with Gasteiger partial charge in [0.2, 0.25) is 0 Å². The van der Waals surface area contributed by atoms with Gasteiger partial charge in [0.25, 0.3) is 5.91 Å². The maximum Gasteiger partial charge on any atom is 0.275 e. The van der Waals surface area contributed by atoms with Gasteiger partial charge in [-0.15, -0.1) is 11.3 Å². The number of nitrogens with zero attached hydrogens (tertiary/aromatic N) is 1. The minimum absolute atomic E-state index is 0.297. The molecule has 0 fully saturated rings.